The summed E-state index contributed by atoms with van der Waals surface area (Å²) in [6.07, 6.45) is 8.53. The fourth-order valence-electron chi connectivity index (χ4n) is 20.0. The second-order valence-corrected chi connectivity index (χ2v) is 38.5. The number of nitrogens with one attached hydrogen (secondary N) is 8. The Morgan fingerprint density at radius 2 is 0.612 bits per heavy atom. The van der Waals surface area contributed by atoms with Crippen LogP contribution in [0.25, 0.3) is 0 Å². The van der Waals surface area contributed by atoms with Crippen LogP contribution in [-0.2, 0) is 64.5 Å². The Morgan fingerprint density at radius 3 is 0.878 bits per heavy atom. The molecular weight excluding hydrogens is 1930 g/mol. The molecule has 802 valence electrons. The van der Waals surface area contributed by atoms with E-state index in [9.17, 15) is 105 Å². The van der Waals surface area contributed by atoms with E-state index in [4.69, 9.17) is 0 Å². The lowest BCUT2D eigenvalue weighted by Gasteiger charge is -2.46. The van der Waals surface area contributed by atoms with Crippen molar-refractivity contribution in [2.75, 3.05) is 97.5 Å². The molecule has 4 aromatic carbocycles. The minimum absolute atomic E-state index is 0. The number of rotatable bonds is 26. The van der Waals surface area contributed by atoms with Gasteiger partial charge in [-0.15, -0.1) is 0 Å². The topological polar surface area (TPSA) is 341 Å². The molecule has 8 fully saturated rings. The first-order valence-corrected chi connectivity index (χ1v) is 48.3. The molecule has 16 rings (SSSR count). The zero-order valence-electron chi connectivity index (χ0n) is 80.4. The largest absolute Gasteiger partial charge is 0.416 e. The number of hydrogen-bond donors (Lipinski definition) is 8. The molecule has 29 nitrogen and oxygen atoms in total. The molecule has 4 saturated heterocycles. The number of benzene rings is 4. The van der Waals surface area contributed by atoms with E-state index in [2.05, 4.69) is 72.1 Å². The first kappa shape index (κ1) is 118. The maximum atomic E-state index is 12.8. The molecule has 0 atom stereocenters. The summed E-state index contributed by atoms with van der Waals surface area (Å²) < 4.78 is 159. The average Bonchev–Trinajstić information content (AvgIpc) is 1.10. The Balaban J connectivity index is 0.000000216. The highest BCUT2D eigenvalue weighted by Gasteiger charge is 2.43. The third kappa shape index (κ3) is 32.7. The van der Waals surface area contributed by atoms with Crippen molar-refractivity contribution in [1.29, 1.82) is 0 Å². The molecule has 8 aromatic rings. The number of pyridine rings is 3. The van der Waals surface area contributed by atoms with Crippen molar-refractivity contribution in [3.63, 3.8) is 0 Å². The lowest BCUT2D eigenvalue weighted by molar-refractivity contribution is -0.138. The van der Waals surface area contributed by atoms with E-state index in [1.54, 1.807) is 39.9 Å². The molecule has 8 amide bonds. The number of alkyl halides is 12. The Kier molecular flexibility index (Phi) is 42.0. The van der Waals surface area contributed by atoms with Crippen molar-refractivity contribution in [3.05, 3.63) is 262 Å². The van der Waals surface area contributed by atoms with Gasteiger partial charge in [0.1, 0.15) is 0 Å². The van der Waals surface area contributed by atoms with Gasteiger partial charge in [0.05, 0.1) is 72.6 Å². The Bertz CT molecular complexity index is 5930. The first-order valence-electron chi connectivity index (χ1n) is 48.3. The van der Waals surface area contributed by atoms with Gasteiger partial charge in [-0.2, -0.15) is 52.7 Å². The second-order valence-electron chi connectivity index (χ2n) is 38.5. The molecule has 41 heteroatoms. The highest BCUT2D eigenvalue weighted by molar-refractivity contribution is 5.99. The molecular formula is C106H138F12N18O11. The van der Waals surface area contributed by atoms with Gasteiger partial charge in [0, 0.05) is 182 Å². The maximum Gasteiger partial charge on any atom is 0.416 e. The van der Waals surface area contributed by atoms with Crippen molar-refractivity contribution >= 4 is 53.2 Å². The van der Waals surface area contributed by atoms with E-state index >= 15 is 0 Å². The molecule has 4 aromatic heterocycles. The summed E-state index contributed by atoms with van der Waals surface area (Å²) in [6.45, 7) is 9.24. The normalized spacial score (nSPS) is 20.5. The molecule has 0 bridgehead atoms. The number of nitrogens with zero attached hydrogens (tertiary/aromatic N) is 10. The zero-order valence-corrected chi connectivity index (χ0v) is 80.4. The second kappa shape index (κ2) is 52.3. The summed E-state index contributed by atoms with van der Waals surface area (Å²) in [4.78, 5) is 153. The first-order chi connectivity index (χ1) is 67.8. The maximum absolute atomic E-state index is 12.8. The van der Waals surface area contributed by atoms with Crippen LogP contribution in [0.5, 0.6) is 0 Å². The average molecular weight is 2070 g/mol. The fourth-order valence-corrected chi connectivity index (χ4v) is 20.0. The van der Waals surface area contributed by atoms with Crippen molar-refractivity contribution in [2.24, 2.45) is 14.1 Å². The zero-order chi connectivity index (χ0) is 103. The van der Waals surface area contributed by atoms with Crippen LogP contribution in [0.15, 0.2) is 173 Å². The van der Waals surface area contributed by atoms with Crippen molar-refractivity contribution in [1.82, 2.24) is 85.8 Å². The predicted octanol–water partition coefficient (Wildman–Crippen LogP) is 14.1. The van der Waals surface area contributed by atoms with Crippen LogP contribution >= 0.6 is 0 Å². The molecule has 4 saturated carbocycles. The molecule has 147 heavy (non-hydrogen) atoms. The SMILES string of the molecule is C.C.C.C.CCn1cc(C2CCC(N3CC(NC(=O)CNC(=O)c4cccc(C(F)(F)F)c4)C3)CC2)ccc1=O.CN(C)c1ncc(C2CCC(N3CC(NC(=O)CNC(=O)c4cccc(C(F)(F)F)c4)C3)CC2)cn1.Cc1cc(C2CCC(N3CC(NC(=O)CNC(=O)c4cccc(C(F)(F)F)c4)C3)CC2)cn(C)c1=O.Cn1cc(C2CCC(N3CC(NC(=O)CNC(=O)c4cccc(C(F)(F)F)c4)C3)CC2)ccc1=O. The summed E-state index contributed by atoms with van der Waals surface area (Å²) in [6, 6.07) is 27.4. The fraction of sp³-hybridized carbons (Fsp3) is 0.519. The number of aryl methyl sites for hydroxylation is 4. The molecule has 4 aliphatic heterocycles. The quantitative estimate of drug-likeness (QED) is 0.0233. The van der Waals surface area contributed by atoms with Crippen LogP contribution in [0.4, 0.5) is 58.6 Å². The minimum atomic E-state index is -4.54. The number of amides is 8. The Morgan fingerprint density at radius 1 is 0.347 bits per heavy atom. The van der Waals surface area contributed by atoms with Gasteiger partial charge in [0.15, 0.2) is 0 Å². The number of carbonyl (C=O) groups excluding carboxylic acids is 8. The van der Waals surface area contributed by atoms with E-state index < -0.39 is 70.6 Å². The molecule has 8 heterocycles. The van der Waals surface area contributed by atoms with Crippen LogP contribution in [0.1, 0.15) is 255 Å². The molecule has 8 N–H and O–H groups in total. The Labute approximate surface area is 849 Å². The van der Waals surface area contributed by atoms with Crippen molar-refractivity contribution in [2.45, 2.75) is 250 Å². The third-order valence-corrected chi connectivity index (χ3v) is 28.2. The van der Waals surface area contributed by atoms with E-state index in [1.807, 2.05) is 82.0 Å². The lowest BCUT2D eigenvalue weighted by atomic mass is 9.80. The van der Waals surface area contributed by atoms with Crippen molar-refractivity contribution < 1.29 is 91.0 Å². The predicted molar refractivity (Wildman–Crippen MR) is 537 cm³/mol. The van der Waals surface area contributed by atoms with Gasteiger partial charge in [0.25, 0.3) is 34.7 Å². The molecule has 0 radical (unpaired) electrons. The van der Waals surface area contributed by atoms with Gasteiger partial charge in [-0.1, -0.05) is 66.1 Å². The highest BCUT2D eigenvalue weighted by atomic mass is 19.4. The number of likely N-dealkylation sites (tertiary alicyclic amines) is 4. The van der Waals surface area contributed by atoms with Gasteiger partial charge in [-0.3, -0.25) is 72.3 Å². The summed E-state index contributed by atoms with van der Waals surface area (Å²) in [5, 5.41) is 21.0. The van der Waals surface area contributed by atoms with Gasteiger partial charge < -0.3 is 61.1 Å². The molecule has 0 unspecified atom stereocenters. The number of carbonyl (C=O) groups is 8. The van der Waals surface area contributed by atoms with E-state index in [1.165, 1.54) is 52.6 Å². The summed E-state index contributed by atoms with van der Waals surface area (Å²) in [5.74, 6) is -1.82. The smallest absolute Gasteiger partial charge is 0.349 e. The van der Waals surface area contributed by atoms with Gasteiger partial charge >= 0.3 is 24.7 Å². The van der Waals surface area contributed by atoms with Gasteiger partial charge in [-0.05, 0) is 241 Å². The van der Waals surface area contributed by atoms with Crippen LogP contribution in [0, 0.1) is 6.92 Å². The van der Waals surface area contributed by atoms with Crippen molar-refractivity contribution in [3.8, 4) is 0 Å². The van der Waals surface area contributed by atoms with Gasteiger partial charge in [-0.25, -0.2) is 9.97 Å². The van der Waals surface area contributed by atoms with Gasteiger partial charge in [0.2, 0.25) is 35.1 Å². The number of hydrogen-bond acceptors (Lipinski definition) is 18. The molecule has 4 aliphatic carbocycles. The van der Waals surface area contributed by atoms with Crippen LogP contribution in [0.2, 0.25) is 0 Å². The van der Waals surface area contributed by atoms with E-state index in [-0.39, 0.29) is 143 Å². The third-order valence-electron chi connectivity index (χ3n) is 28.2. The standard InChI is InChI=1S/2C26H31F3N4O3.C25H31F3N6O2.C25H29F3N4O3.4CH4/c1-16-10-19(13-32(2)25(16)36)17-6-8-22(9-7-17)33-14-21(15-33)31-23(34)12-30-24(35)18-4-3-5-20(11-18)26(27,28)29;1-2-32-14-19(8-11-24(32)35)17-6-9-22(10-7-17)33-15-21(16-33)31-23(34)13-30-25(36)18-4-3-5-20(12-18)26(27,28)29;1-33(2)24-30-11-18(12-31-24)16-6-8-21(9-7-16)34-14-20(15-34)32-22(35)13-29-23(36)17-4-3-5-19(10-17)25(26,27)28;1-31-13-18(7-10-23(31)34)16-5-8-21(9-6-16)32-14-20(15-32)30-22(33)12-29-24(35)17-3-2-4-19(11-17)25(26,27)28;;;;/h3-5,10-11,13,17,21-22H,6-9,12,14-15H2,1-2H3,(H,30,35)(H,31,34);3-5,8,11-12,14,17,21-22H,2,6-7,9-10,13,15-16H2,1H3,(H,30,36)(H,31,34);3-5,10-12,16,20-21H,6-9,13-15H2,1-2H3,(H,29,36)(H,32,35);2-4,7,10-11,13,16,20-21H,5-6,8-9,12,14-15H2,1H3,(H,29,35)(H,30,33);4*1H4. The summed E-state index contributed by atoms with van der Waals surface area (Å²) in [5.41, 5.74) is 1.45. The van der Waals surface area contributed by atoms with Crippen LogP contribution < -0.4 is 64.1 Å². The Hall–Kier alpha value is -12.6. The minimum Gasteiger partial charge on any atom is -0.349 e. The monoisotopic (exact) mass is 2070 g/mol. The van der Waals surface area contributed by atoms with E-state index in [0.29, 0.717) is 60.3 Å². The summed E-state index contributed by atoms with van der Waals surface area (Å²) in [7, 11) is 7.39. The number of aromatic nitrogens is 5. The lowest BCUT2D eigenvalue weighted by Crippen LogP contribution is -2.63. The van der Waals surface area contributed by atoms with Crippen LogP contribution in [-0.4, -0.2) is 231 Å². The summed E-state index contributed by atoms with van der Waals surface area (Å²) >= 11 is 0. The van der Waals surface area contributed by atoms with E-state index in [0.717, 1.165) is 227 Å². The number of anilines is 1. The molecule has 0 spiro atoms. The molecule has 8 aliphatic rings. The highest BCUT2D eigenvalue weighted by Crippen LogP contribution is 2.42. The number of halogens is 12. The van der Waals surface area contributed by atoms with Crippen LogP contribution in [0.3, 0.4) is 0 Å².